The number of carbonyl (C=O) groups is 1. The third-order valence-electron chi connectivity index (χ3n) is 5.77. The number of rotatable bonds is 10. The SMILES string of the molecule is CCN(CC)CCn1c(NC(=O)c2ccc(S(=O)(=O)Nc3ccncc3)cc2)nc2ccccc21. The molecule has 0 unspecified atom stereocenters. The molecule has 4 aromatic rings. The Bertz CT molecular complexity index is 1400. The Morgan fingerprint density at radius 2 is 1.66 bits per heavy atom. The highest BCUT2D eigenvalue weighted by Crippen LogP contribution is 2.21. The molecule has 2 aromatic heterocycles. The summed E-state index contributed by atoms with van der Waals surface area (Å²) >= 11 is 0. The van der Waals surface area contributed by atoms with Crippen LogP contribution in [-0.2, 0) is 16.6 Å². The van der Waals surface area contributed by atoms with Crippen molar-refractivity contribution in [1.29, 1.82) is 0 Å². The predicted molar refractivity (Wildman–Crippen MR) is 137 cm³/mol. The maximum Gasteiger partial charge on any atom is 0.261 e. The van der Waals surface area contributed by atoms with E-state index in [4.69, 9.17) is 0 Å². The van der Waals surface area contributed by atoms with Crippen LogP contribution in [-0.4, -0.2) is 53.4 Å². The molecule has 35 heavy (non-hydrogen) atoms. The number of hydrogen-bond acceptors (Lipinski definition) is 6. The number of hydrogen-bond donors (Lipinski definition) is 2. The molecule has 0 fully saturated rings. The van der Waals surface area contributed by atoms with Crippen molar-refractivity contribution in [1.82, 2.24) is 19.4 Å². The summed E-state index contributed by atoms with van der Waals surface area (Å²) in [5.41, 5.74) is 2.48. The van der Waals surface area contributed by atoms with E-state index in [9.17, 15) is 13.2 Å². The van der Waals surface area contributed by atoms with E-state index in [1.54, 1.807) is 12.1 Å². The van der Waals surface area contributed by atoms with E-state index < -0.39 is 10.0 Å². The van der Waals surface area contributed by atoms with Gasteiger partial charge in [0.1, 0.15) is 0 Å². The molecule has 0 aliphatic rings. The number of aromatic nitrogens is 3. The summed E-state index contributed by atoms with van der Waals surface area (Å²) < 4.78 is 29.8. The number of anilines is 2. The van der Waals surface area contributed by atoms with Gasteiger partial charge < -0.3 is 9.47 Å². The molecular weight excluding hydrogens is 464 g/mol. The van der Waals surface area contributed by atoms with Crippen molar-refractivity contribution in [3.8, 4) is 0 Å². The lowest BCUT2D eigenvalue weighted by Crippen LogP contribution is -2.27. The minimum absolute atomic E-state index is 0.0531. The smallest absolute Gasteiger partial charge is 0.261 e. The minimum atomic E-state index is -3.79. The Kier molecular flexibility index (Phi) is 7.42. The van der Waals surface area contributed by atoms with Gasteiger partial charge in [-0.3, -0.25) is 19.8 Å². The Labute approximate surface area is 204 Å². The number of carbonyl (C=O) groups excluding carboxylic acids is 1. The number of benzene rings is 2. The fourth-order valence-electron chi connectivity index (χ4n) is 3.77. The molecule has 9 nitrogen and oxygen atoms in total. The van der Waals surface area contributed by atoms with Crippen LogP contribution in [0.1, 0.15) is 24.2 Å². The van der Waals surface area contributed by atoms with Crippen LogP contribution < -0.4 is 10.0 Å². The number of para-hydroxylation sites is 2. The second-order valence-electron chi connectivity index (χ2n) is 7.92. The number of nitrogens with zero attached hydrogens (tertiary/aromatic N) is 4. The number of amides is 1. The second-order valence-corrected chi connectivity index (χ2v) is 9.60. The Morgan fingerprint density at radius 3 is 2.34 bits per heavy atom. The highest BCUT2D eigenvalue weighted by molar-refractivity contribution is 7.92. The number of fused-ring (bicyclic) bond motifs is 1. The highest BCUT2D eigenvalue weighted by Gasteiger charge is 2.18. The van der Waals surface area contributed by atoms with Crippen molar-refractivity contribution >= 4 is 38.6 Å². The van der Waals surface area contributed by atoms with Crippen molar-refractivity contribution in [2.24, 2.45) is 0 Å². The number of likely N-dealkylation sites (N-methyl/N-ethyl adjacent to an activating group) is 1. The largest absolute Gasteiger partial charge is 0.309 e. The zero-order valence-corrected chi connectivity index (χ0v) is 20.5. The van der Waals surface area contributed by atoms with Gasteiger partial charge >= 0.3 is 0 Å². The maximum absolute atomic E-state index is 13.0. The summed E-state index contributed by atoms with van der Waals surface area (Å²) in [6.07, 6.45) is 3.00. The molecule has 0 aliphatic carbocycles. The molecule has 0 bridgehead atoms. The van der Waals surface area contributed by atoms with E-state index in [1.165, 1.54) is 36.7 Å². The Hall–Kier alpha value is -3.76. The van der Waals surface area contributed by atoms with Gasteiger partial charge in [-0.25, -0.2) is 13.4 Å². The number of nitrogens with one attached hydrogen (secondary N) is 2. The van der Waals surface area contributed by atoms with E-state index in [0.717, 1.165) is 30.7 Å². The molecule has 182 valence electrons. The fourth-order valence-corrected chi connectivity index (χ4v) is 4.83. The molecule has 2 heterocycles. The first-order valence-corrected chi connectivity index (χ1v) is 12.9. The van der Waals surface area contributed by atoms with Gasteiger partial charge in [0.2, 0.25) is 5.95 Å². The third-order valence-corrected chi connectivity index (χ3v) is 7.17. The topological polar surface area (TPSA) is 109 Å². The van der Waals surface area contributed by atoms with E-state index in [-0.39, 0.29) is 10.8 Å². The van der Waals surface area contributed by atoms with Crippen molar-refractivity contribution in [3.63, 3.8) is 0 Å². The zero-order valence-electron chi connectivity index (χ0n) is 19.7. The molecule has 0 saturated carbocycles. The minimum Gasteiger partial charge on any atom is -0.309 e. The van der Waals surface area contributed by atoms with Gasteiger partial charge in [-0.05, 0) is 61.6 Å². The molecule has 1 amide bonds. The first kappa shape index (κ1) is 24.4. The molecule has 0 saturated heterocycles. The Balaban J connectivity index is 1.53. The lowest BCUT2D eigenvalue weighted by Gasteiger charge is -2.19. The van der Waals surface area contributed by atoms with Crippen molar-refractivity contribution in [2.75, 3.05) is 29.7 Å². The van der Waals surface area contributed by atoms with E-state index in [2.05, 4.69) is 38.8 Å². The van der Waals surface area contributed by atoms with Crippen LogP contribution in [0.2, 0.25) is 0 Å². The van der Waals surface area contributed by atoms with Crippen molar-refractivity contribution in [2.45, 2.75) is 25.3 Å². The third kappa shape index (κ3) is 5.67. The number of imidazole rings is 1. The van der Waals surface area contributed by atoms with Crippen LogP contribution in [0.25, 0.3) is 11.0 Å². The van der Waals surface area contributed by atoms with Crippen LogP contribution in [0.3, 0.4) is 0 Å². The van der Waals surface area contributed by atoms with Gasteiger partial charge in [0, 0.05) is 31.0 Å². The van der Waals surface area contributed by atoms with Crippen molar-refractivity contribution < 1.29 is 13.2 Å². The van der Waals surface area contributed by atoms with Gasteiger partial charge in [-0.2, -0.15) is 0 Å². The Morgan fingerprint density at radius 1 is 0.971 bits per heavy atom. The molecular formula is C25H28N6O3S. The quantitative estimate of drug-likeness (QED) is 0.348. The molecule has 10 heteroatoms. The monoisotopic (exact) mass is 492 g/mol. The predicted octanol–water partition coefficient (Wildman–Crippen LogP) is 3.83. The molecule has 2 N–H and O–H groups in total. The average molecular weight is 493 g/mol. The number of pyridine rings is 1. The van der Waals surface area contributed by atoms with E-state index in [1.807, 2.05) is 28.8 Å². The molecule has 4 rings (SSSR count). The fraction of sp³-hybridized carbons (Fsp3) is 0.240. The standard InChI is InChI=1S/C25H28N6O3S/c1-3-30(4-2)17-18-31-23-8-6-5-7-22(23)27-25(31)28-24(32)19-9-11-21(12-10-19)35(33,34)29-20-13-15-26-16-14-20/h5-16H,3-4,17-18H2,1-2H3,(H,26,29)(H,27,28,32). The molecule has 0 radical (unpaired) electrons. The van der Waals surface area contributed by atoms with Gasteiger partial charge in [0.25, 0.3) is 15.9 Å². The second kappa shape index (κ2) is 10.7. The van der Waals surface area contributed by atoms with Crippen molar-refractivity contribution in [3.05, 3.63) is 78.6 Å². The van der Waals surface area contributed by atoms with Crippen LogP contribution >= 0.6 is 0 Å². The summed E-state index contributed by atoms with van der Waals surface area (Å²) in [6.45, 7) is 7.62. The van der Waals surface area contributed by atoms with Crippen LogP contribution in [0.4, 0.5) is 11.6 Å². The van der Waals surface area contributed by atoms with E-state index in [0.29, 0.717) is 23.7 Å². The molecule has 0 aliphatic heterocycles. The average Bonchev–Trinajstić information content (AvgIpc) is 3.22. The summed E-state index contributed by atoms with van der Waals surface area (Å²) in [6, 6.07) is 16.7. The van der Waals surface area contributed by atoms with Crippen LogP contribution in [0.15, 0.2) is 78.0 Å². The lowest BCUT2D eigenvalue weighted by atomic mass is 10.2. The number of sulfonamides is 1. The molecule has 2 aromatic carbocycles. The van der Waals surface area contributed by atoms with Crippen LogP contribution in [0, 0.1) is 0 Å². The summed E-state index contributed by atoms with van der Waals surface area (Å²) in [7, 11) is -3.79. The van der Waals surface area contributed by atoms with Gasteiger partial charge in [0.05, 0.1) is 21.6 Å². The molecule has 0 atom stereocenters. The normalized spacial score (nSPS) is 11.6. The maximum atomic E-state index is 13.0. The zero-order chi connectivity index (χ0) is 24.8. The van der Waals surface area contributed by atoms with E-state index >= 15 is 0 Å². The lowest BCUT2D eigenvalue weighted by molar-refractivity contribution is 0.102. The first-order valence-electron chi connectivity index (χ1n) is 11.4. The van der Waals surface area contributed by atoms with Gasteiger partial charge in [-0.15, -0.1) is 0 Å². The van der Waals surface area contributed by atoms with Gasteiger partial charge in [-0.1, -0.05) is 26.0 Å². The highest BCUT2D eigenvalue weighted by atomic mass is 32.2. The first-order chi connectivity index (χ1) is 16.9. The summed E-state index contributed by atoms with van der Waals surface area (Å²) in [4.78, 5) is 23.8. The van der Waals surface area contributed by atoms with Gasteiger partial charge in [0.15, 0.2) is 0 Å². The van der Waals surface area contributed by atoms with Crippen LogP contribution in [0.5, 0.6) is 0 Å². The molecule has 0 spiro atoms. The summed E-state index contributed by atoms with van der Waals surface area (Å²) in [5.74, 6) is 0.0924. The summed E-state index contributed by atoms with van der Waals surface area (Å²) in [5, 5.41) is 2.90.